The Labute approximate surface area is 144 Å². The van der Waals surface area contributed by atoms with Crippen LogP contribution in [-0.2, 0) is 11.3 Å². The van der Waals surface area contributed by atoms with E-state index in [0.29, 0.717) is 0 Å². The molecular formula is C17H18ClNO5. The van der Waals surface area contributed by atoms with Crippen LogP contribution in [0.3, 0.4) is 0 Å². The van der Waals surface area contributed by atoms with Crippen molar-refractivity contribution in [3.8, 4) is 5.75 Å². The zero-order chi connectivity index (χ0) is 17.5. The molecule has 6 nitrogen and oxygen atoms in total. The van der Waals surface area contributed by atoms with Crippen molar-refractivity contribution in [1.82, 2.24) is 5.32 Å². The third-order valence-electron chi connectivity index (χ3n) is 3.36. The minimum Gasteiger partial charge on any atom is -0.506 e. The number of phenols is 1. The van der Waals surface area contributed by atoms with E-state index in [9.17, 15) is 20.1 Å². The molecule has 0 fully saturated rings. The zero-order valence-corrected chi connectivity index (χ0v) is 13.5. The van der Waals surface area contributed by atoms with Gasteiger partial charge in [0, 0.05) is 12.1 Å². The van der Waals surface area contributed by atoms with Crippen LogP contribution in [0.2, 0.25) is 5.02 Å². The summed E-state index contributed by atoms with van der Waals surface area (Å²) in [5.74, 6) is -0.198. The van der Waals surface area contributed by atoms with Crippen LogP contribution in [0, 0.1) is 0 Å². The number of halogens is 1. The Balaban J connectivity index is 1.82. The Morgan fingerprint density at radius 3 is 2.54 bits per heavy atom. The summed E-state index contributed by atoms with van der Waals surface area (Å²) >= 11 is 5.88. The van der Waals surface area contributed by atoms with E-state index in [1.165, 1.54) is 18.2 Å². The molecule has 2 rings (SSSR count). The molecule has 0 radical (unpaired) electrons. The average molecular weight is 352 g/mol. The van der Waals surface area contributed by atoms with Crippen molar-refractivity contribution in [2.75, 3.05) is 6.54 Å². The highest BCUT2D eigenvalue weighted by Gasteiger charge is 2.22. The molecule has 0 bridgehead atoms. The van der Waals surface area contributed by atoms with Crippen LogP contribution in [0.4, 0.5) is 4.79 Å². The van der Waals surface area contributed by atoms with Gasteiger partial charge in [0.1, 0.15) is 24.6 Å². The maximum Gasteiger partial charge on any atom is 0.407 e. The number of hydrogen-bond donors (Lipinski definition) is 4. The SMILES string of the molecule is O=C(NCC(O)C(O)c1cccc(O)c1Cl)OCc1ccccc1. The van der Waals surface area contributed by atoms with Crippen LogP contribution >= 0.6 is 11.6 Å². The second-order valence-corrected chi connectivity index (χ2v) is 5.51. The maximum atomic E-state index is 11.6. The Bertz CT molecular complexity index is 680. The van der Waals surface area contributed by atoms with E-state index >= 15 is 0 Å². The first kappa shape index (κ1) is 18.1. The molecule has 0 heterocycles. The number of alkyl carbamates (subject to hydrolysis) is 1. The summed E-state index contributed by atoms with van der Waals surface area (Å²) in [5, 5.41) is 31.9. The standard InChI is InChI=1S/C17H18ClNO5/c18-15-12(7-4-8-13(15)20)16(22)14(21)9-19-17(23)24-10-11-5-2-1-3-6-11/h1-8,14,16,20-22H,9-10H2,(H,19,23). The van der Waals surface area contributed by atoms with Crippen LogP contribution in [-0.4, -0.2) is 34.1 Å². The summed E-state index contributed by atoms with van der Waals surface area (Å²) in [7, 11) is 0. The number of ether oxygens (including phenoxy) is 1. The minimum atomic E-state index is -1.36. The van der Waals surface area contributed by atoms with Gasteiger partial charge in [0.05, 0.1) is 5.02 Å². The largest absolute Gasteiger partial charge is 0.506 e. The number of phenolic OH excluding ortho intramolecular Hbond substituents is 1. The summed E-state index contributed by atoms with van der Waals surface area (Å²) in [6.07, 6.45) is -3.39. The highest BCUT2D eigenvalue weighted by Crippen LogP contribution is 2.32. The number of hydrogen-bond acceptors (Lipinski definition) is 5. The van der Waals surface area contributed by atoms with Crippen molar-refractivity contribution in [3.05, 3.63) is 64.7 Å². The van der Waals surface area contributed by atoms with Gasteiger partial charge in [-0.25, -0.2) is 4.79 Å². The number of benzene rings is 2. The monoisotopic (exact) mass is 351 g/mol. The minimum absolute atomic E-state index is 0.0456. The summed E-state index contributed by atoms with van der Waals surface area (Å²) in [6, 6.07) is 13.5. The number of aliphatic hydroxyl groups excluding tert-OH is 2. The lowest BCUT2D eigenvalue weighted by molar-refractivity contribution is 0.0183. The number of rotatable bonds is 6. The molecule has 0 spiro atoms. The van der Waals surface area contributed by atoms with E-state index in [2.05, 4.69) is 5.32 Å². The van der Waals surface area contributed by atoms with Crippen molar-refractivity contribution in [1.29, 1.82) is 0 Å². The Morgan fingerprint density at radius 1 is 1.12 bits per heavy atom. The molecule has 2 aromatic rings. The molecular weight excluding hydrogens is 334 g/mol. The first-order chi connectivity index (χ1) is 11.5. The highest BCUT2D eigenvalue weighted by molar-refractivity contribution is 6.32. The lowest BCUT2D eigenvalue weighted by Gasteiger charge is -2.19. The Hall–Kier alpha value is -2.28. The van der Waals surface area contributed by atoms with Gasteiger partial charge < -0.3 is 25.4 Å². The normalized spacial score (nSPS) is 13.1. The molecule has 0 aliphatic carbocycles. The van der Waals surface area contributed by atoms with Gasteiger partial charge in [0.2, 0.25) is 0 Å². The van der Waals surface area contributed by atoms with Crippen molar-refractivity contribution in [3.63, 3.8) is 0 Å². The van der Waals surface area contributed by atoms with Crippen LogP contribution < -0.4 is 5.32 Å². The van der Waals surface area contributed by atoms with Gasteiger partial charge in [-0.1, -0.05) is 54.1 Å². The van der Waals surface area contributed by atoms with E-state index < -0.39 is 18.3 Å². The molecule has 128 valence electrons. The van der Waals surface area contributed by atoms with Crippen LogP contribution in [0.1, 0.15) is 17.2 Å². The fourth-order valence-corrected chi connectivity index (χ4v) is 2.28. The predicted octanol–water partition coefficient (Wildman–Crippen LogP) is 2.37. The van der Waals surface area contributed by atoms with E-state index in [0.717, 1.165) is 5.56 Å². The van der Waals surface area contributed by atoms with Crippen molar-refractivity contribution >= 4 is 17.7 Å². The van der Waals surface area contributed by atoms with Crippen LogP contribution in [0.15, 0.2) is 48.5 Å². The number of carbonyl (C=O) groups excluding carboxylic acids is 1. The van der Waals surface area contributed by atoms with Gasteiger partial charge in [-0.2, -0.15) is 0 Å². The Kier molecular flexibility index (Phi) is 6.43. The maximum absolute atomic E-state index is 11.6. The molecule has 0 saturated carbocycles. The third-order valence-corrected chi connectivity index (χ3v) is 3.77. The van der Waals surface area contributed by atoms with Crippen molar-refractivity contribution in [2.45, 2.75) is 18.8 Å². The molecule has 24 heavy (non-hydrogen) atoms. The molecule has 0 aliphatic rings. The molecule has 1 amide bonds. The summed E-state index contributed by atoms with van der Waals surface area (Å²) in [5.41, 5.74) is 1.00. The molecule has 0 aromatic heterocycles. The first-order valence-electron chi connectivity index (χ1n) is 7.27. The quantitative estimate of drug-likeness (QED) is 0.640. The lowest BCUT2D eigenvalue weighted by atomic mass is 10.0. The highest BCUT2D eigenvalue weighted by atomic mass is 35.5. The van der Waals surface area contributed by atoms with Crippen LogP contribution in [0.5, 0.6) is 5.75 Å². The fraction of sp³-hybridized carbons (Fsp3) is 0.235. The smallest absolute Gasteiger partial charge is 0.407 e. The van der Waals surface area contributed by atoms with E-state index in [1.54, 1.807) is 0 Å². The Morgan fingerprint density at radius 2 is 1.83 bits per heavy atom. The number of aliphatic hydroxyl groups is 2. The van der Waals surface area contributed by atoms with Gasteiger partial charge in [-0.3, -0.25) is 0 Å². The van der Waals surface area contributed by atoms with Crippen LogP contribution in [0.25, 0.3) is 0 Å². The van der Waals surface area contributed by atoms with Gasteiger partial charge in [0.15, 0.2) is 0 Å². The molecule has 0 saturated heterocycles. The molecule has 7 heteroatoms. The van der Waals surface area contributed by atoms with Gasteiger partial charge in [0.25, 0.3) is 0 Å². The summed E-state index contributed by atoms with van der Waals surface area (Å²) in [6.45, 7) is -0.134. The first-order valence-corrected chi connectivity index (χ1v) is 7.65. The second-order valence-electron chi connectivity index (χ2n) is 5.14. The van der Waals surface area contributed by atoms with Gasteiger partial charge >= 0.3 is 6.09 Å². The average Bonchev–Trinajstić information content (AvgIpc) is 2.60. The lowest BCUT2D eigenvalue weighted by Crippen LogP contribution is -2.35. The molecule has 2 atom stereocenters. The van der Waals surface area contributed by atoms with E-state index in [1.807, 2.05) is 30.3 Å². The molecule has 2 aromatic carbocycles. The zero-order valence-electron chi connectivity index (χ0n) is 12.7. The van der Waals surface area contributed by atoms with E-state index in [-0.39, 0.29) is 29.5 Å². The van der Waals surface area contributed by atoms with Crippen molar-refractivity contribution in [2.24, 2.45) is 0 Å². The van der Waals surface area contributed by atoms with Gasteiger partial charge in [-0.05, 0) is 11.6 Å². The number of nitrogens with one attached hydrogen (secondary N) is 1. The number of aromatic hydroxyl groups is 1. The topological polar surface area (TPSA) is 99.0 Å². The van der Waals surface area contributed by atoms with Crippen molar-refractivity contribution < 1.29 is 24.9 Å². The predicted molar refractivity (Wildman–Crippen MR) is 88.7 cm³/mol. The second kappa shape index (κ2) is 8.54. The van der Waals surface area contributed by atoms with E-state index in [4.69, 9.17) is 16.3 Å². The third kappa shape index (κ3) is 4.86. The number of amides is 1. The van der Waals surface area contributed by atoms with Gasteiger partial charge in [-0.15, -0.1) is 0 Å². The summed E-state index contributed by atoms with van der Waals surface area (Å²) < 4.78 is 5.00. The number of carbonyl (C=O) groups is 1. The molecule has 2 unspecified atom stereocenters. The molecule has 4 N–H and O–H groups in total. The molecule has 0 aliphatic heterocycles. The summed E-state index contributed by atoms with van der Waals surface area (Å²) in [4.78, 5) is 11.6. The fourth-order valence-electron chi connectivity index (χ4n) is 2.05.